The number of imide groups is 1. The van der Waals surface area contributed by atoms with E-state index < -0.39 is 138 Å². The predicted octanol–water partition coefficient (Wildman–Crippen LogP) is -1.56. The van der Waals surface area contributed by atoms with Crippen LogP contribution in [0.5, 0.6) is 0 Å². The Morgan fingerprint density at radius 2 is 1.14 bits per heavy atom. The monoisotopic (exact) mass is 1440 g/mol. The predicted molar refractivity (Wildman–Crippen MR) is 373 cm³/mol. The molecule has 13 amide bonds. The second kappa shape index (κ2) is 45.5. The molecule has 0 aliphatic carbocycles. The van der Waals surface area contributed by atoms with Crippen LogP contribution in [0.25, 0.3) is 0 Å². The molecule has 2 aliphatic heterocycles. The molecule has 16 N–H and O–H groups in total. The van der Waals surface area contributed by atoms with Crippen molar-refractivity contribution in [3.05, 3.63) is 83.4 Å². The van der Waals surface area contributed by atoms with Gasteiger partial charge >= 0.3 is 11.9 Å². The fraction of sp³-hybridized carbons (Fsp3) is 0.565. The minimum Gasteiger partial charge on any atom is -0.480 e. The number of nitrogens with one attached hydrogen (secondary N) is 11. The molecule has 0 bridgehead atoms. The lowest BCUT2D eigenvalue weighted by atomic mass is 10.0. The van der Waals surface area contributed by atoms with Gasteiger partial charge in [-0.15, -0.1) is 0 Å². The topological polar surface area (TPSA) is 504 Å². The third-order valence-corrected chi connectivity index (χ3v) is 15.7. The van der Waals surface area contributed by atoms with Crippen LogP contribution in [0.4, 0.5) is 0 Å². The summed E-state index contributed by atoms with van der Waals surface area (Å²) in [7, 11) is 0. The first-order valence-corrected chi connectivity index (χ1v) is 34.5. The van der Waals surface area contributed by atoms with Gasteiger partial charge < -0.3 is 89.3 Å². The summed E-state index contributed by atoms with van der Waals surface area (Å²) in [5.74, 6) is -10.4. The van der Waals surface area contributed by atoms with Crippen molar-refractivity contribution in [3.63, 3.8) is 0 Å². The Bertz CT molecular complexity index is 3270. The average Bonchev–Trinajstić information content (AvgIpc) is 1.59. The highest BCUT2D eigenvalue weighted by atomic mass is 16.6. The number of benzene rings is 2. The number of rotatable bonds is 42. The molecule has 1 fully saturated rings. The van der Waals surface area contributed by atoms with Crippen LogP contribution in [0.2, 0.25) is 0 Å². The van der Waals surface area contributed by atoms with Gasteiger partial charge in [0.2, 0.25) is 53.2 Å². The minimum absolute atomic E-state index is 0.00588. The minimum atomic E-state index is -1.54. The Hall–Kier alpha value is -10.4. The molecule has 0 unspecified atom stereocenters. The van der Waals surface area contributed by atoms with Crippen molar-refractivity contribution in [1.29, 1.82) is 0 Å². The number of aliphatic carboxylic acids is 1. The van der Waals surface area contributed by atoms with Gasteiger partial charge in [-0.3, -0.25) is 77.0 Å². The zero-order valence-electron chi connectivity index (χ0n) is 59.1. The molecule has 2 aromatic rings. The summed E-state index contributed by atoms with van der Waals surface area (Å²) in [6.45, 7) is 8.96. The van der Waals surface area contributed by atoms with Crippen LogP contribution < -0.4 is 70.0 Å². The number of carboxylic acid groups (broad SMARTS) is 1. The maximum absolute atomic E-state index is 14.3. The summed E-state index contributed by atoms with van der Waals surface area (Å²) in [5, 5.41) is 38.7. The smallest absolute Gasteiger partial charge is 0.326 e. The zero-order chi connectivity index (χ0) is 75.9. The van der Waals surface area contributed by atoms with Gasteiger partial charge in [0.05, 0.1) is 39.4 Å². The van der Waals surface area contributed by atoms with Crippen molar-refractivity contribution in [2.24, 2.45) is 22.4 Å². The van der Waals surface area contributed by atoms with E-state index in [0.29, 0.717) is 30.4 Å². The van der Waals surface area contributed by atoms with Crippen LogP contribution >= 0.6 is 0 Å². The van der Waals surface area contributed by atoms with Crippen LogP contribution in [-0.2, 0) is 83.0 Å². The van der Waals surface area contributed by atoms with Crippen molar-refractivity contribution in [2.45, 2.75) is 173 Å². The number of carbonyl (C=O) groups is 15. The van der Waals surface area contributed by atoms with E-state index in [9.17, 15) is 77.0 Å². The number of amides is 13. The molecule has 6 atom stereocenters. The molecule has 0 aromatic heterocycles. The summed E-state index contributed by atoms with van der Waals surface area (Å²) >= 11 is 0. The van der Waals surface area contributed by atoms with Crippen molar-refractivity contribution in [2.75, 3.05) is 72.2 Å². The number of ether oxygens (including phenoxy) is 3. The Morgan fingerprint density at radius 3 is 1.75 bits per heavy atom. The molecule has 2 heterocycles. The number of aliphatic imine (C=N–C) groups is 1. The van der Waals surface area contributed by atoms with Crippen LogP contribution in [0, 0.1) is 5.92 Å². The third-order valence-electron chi connectivity index (χ3n) is 15.7. The van der Waals surface area contributed by atoms with E-state index in [1.54, 1.807) is 65.0 Å². The summed E-state index contributed by atoms with van der Waals surface area (Å²) in [4.78, 5) is 199. The van der Waals surface area contributed by atoms with Gasteiger partial charge in [0.1, 0.15) is 41.9 Å². The lowest BCUT2D eigenvalue weighted by molar-refractivity contribution is -0.156. The SMILES string of the molecule is CC(C)[C@H](NC(=O)[C@H](CCCCNC(=O)CCOCCOCCNC(=O)c1ccc(C(=O)NCCCC(=O)NCCCC[C@@H]2NC(=O)[C@@H](Cc3ccccc3)NC(=O)[C@H](CC(=O)OC(C)(C)C)NC(=O)CNC(=O)[C@H](CCCN=C(N)N)NC2=O)cc1)NC(=O)CCCN1C(=O)C=CC1=O)C(=O)O. The number of hydrogen-bond acceptors (Lipinski definition) is 19. The van der Waals surface area contributed by atoms with Gasteiger partial charge in [-0.1, -0.05) is 44.2 Å². The van der Waals surface area contributed by atoms with Crippen LogP contribution in [0.1, 0.15) is 151 Å². The molecule has 34 nitrogen and oxygen atoms in total. The van der Waals surface area contributed by atoms with E-state index in [1.807, 2.05) is 0 Å². The van der Waals surface area contributed by atoms with Crippen LogP contribution in [0.3, 0.4) is 0 Å². The molecular formula is C69H101N15O19. The van der Waals surface area contributed by atoms with Crippen molar-refractivity contribution in [3.8, 4) is 0 Å². The lowest BCUT2D eigenvalue weighted by Gasteiger charge is -2.26. The first-order chi connectivity index (χ1) is 49.0. The average molecular weight is 1440 g/mol. The maximum atomic E-state index is 14.3. The van der Waals surface area contributed by atoms with E-state index in [2.05, 4.69) is 63.5 Å². The third kappa shape index (κ3) is 34.2. The van der Waals surface area contributed by atoms with Gasteiger partial charge in [0, 0.05) is 88.2 Å². The van der Waals surface area contributed by atoms with Crippen LogP contribution in [-0.4, -0.2) is 219 Å². The molecule has 0 saturated carbocycles. The number of carboxylic acids is 1. The van der Waals surface area contributed by atoms with Crippen molar-refractivity contribution < 1.29 is 91.2 Å². The highest BCUT2D eigenvalue weighted by molar-refractivity contribution is 6.13. The maximum Gasteiger partial charge on any atom is 0.326 e. The Kier molecular flexibility index (Phi) is 37.5. The standard InChI is InChI=1S/C69H101N15O19/c1-43(2)59(67(99)100)83-64(96)48(78-54(87)22-15-35-84-56(89)27-28-57(84)90)18-9-11-31-73-53(86)29-36-101-38-39-102-37-34-75-61(93)46-25-23-45(24-26-46)60(92)74-32-14-21-52(85)72-30-12-10-19-49-63(95)80-47(20-13-33-76-68(70)71)62(94)77-42-55(88)79-51(41-58(91)103-69(3,4)5)66(98)82-50(65(97)81-49)40-44-16-7-6-8-17-44/h6-8,16-17,23-28,43,47-51,59H,9-15,18-22,29-42H2,1-5H3,(H,72,85)(H,73,86)(H,74,92)(H,75,93)(H,77,94)(H,78,87)(H,79,88)(H,80,95)(H,81,97)(H,82,98)(H,83,96)(H,99,100)(H4,70,71,76)/t47-,48-,49-,50+,51-,59-/m0/s1. The summed E-state index contributed by atoms with van der Waals surface area (Å²) in [6.07, 6.45) is 3.84. The van der Waals surface area contributed by atoms with E-state index in [0.717, 1.165) is 17.1 Å². The largest absolute Gasteiger partial charge is 0.480 e. The number of hydrogen-bond donors (Lipinski definition) is 14. The fourth-order valence-electron chi connectivity index (χ4n) is 10.3. The van der Waals surface area contributed by atoms with Gasteiger partial charge in [-0.25, -0.2) is 4.79 Å². The molecule has 0 radical (unpaired) electrons. The van der Waals surface area contributed by atoms with Crippen LogP contribution in [0.15, 0.2) is 71.7 Å². The molecular weight excluding hydrogens is 1340 g/mol. The van der Waals surface area contributed by atoms with E-state index in [-0.39, 0.29) is 160 Å². The summed E-state index contributed by atoms with van der Waals surface area (Å²) < 4.78 is 16.4. The molecule has 1 saturated heterocycles. The number of carbonyl (C=O) groups excluding carboxylic acids is 14. The number of unbranched alkanes of at least 4 members (excludes halogenated alkanes) is 2. The molecule has 2 aromatic carbocycles. The fourth-order valence-corrected chi connectivity index (χ4v) is 10.3. The van der Waals surface area contributed by atoms with Gasteiger partial charge in [-0.05, 0) is 121 Å². The molecule has 103 heavy (non-hydrogen) atoms. The molecule has 2 aliphatic rings. The highest BCUT2D eigenvalue weighted by Crippen LogP contribution is 2.15. The Balaban J connectivity index is 1.14. The number of guanidine groups is 1. The second-order valence-corrected chi connectivity index (χ2v) is 25.8. The summed E-state index contributed by atoms with van der Waals surface area (Å²) in [5.41, 5.74) is 11.2. The molecule has 34 heteroatoms. The summed E-state index contributed by atoms with van der Waals surface area (Å²) in [6, 6.07) is 6.95. The normalized spacial score (nSPS) is 17.1. The second-order valence-electron chi connectivity index (χ2n) is 25.8. The lowest BCUT2D eigenvalue weighted by Crippen LogP contribution is -2.58. The van der Waals surface area contributed by atoms with Crippen molar-refractivity contribution >= 4 is 94.7 Å². The quantitative estimate of drug-likeness (QED) is 0.0117. The van der Waals surface area contributed by atoms with Gasteiger partial charge in [-0.2, -0.15) is 0 Å². The first-order valence-electron chi connectivity index (χ1n) is 34.5. The molecule has 0 spiro atoms. The molecule has 4 rings (SSSR count). The first kappa shape index (κ1) is 85.0. The van der Waals surface area contributed by atoms with E-state index in [1.165, 1.54) is 24.3 Å². The number of nitrogens with zero attached hydrogens (tertiary/aromatic N) is 2. The Morgan fingerprint density at radius 1 is 0.592 bits per heavy atom. The molecule has 566 valence electrons. The number of esters is 1. The van der Waals surface area contributed by atoms with Crippen molar-refractivity contribution in [1.82, 2.24) is 63.4 Å². The van der Waals surface area contributed by atoms with Gasteiger partial charge in [0.25, 0.3) is 23.6 Å². The highest BCUT2D eigenvalue weighted by Gasteiger charge is 2.35. The zero-order valence-corrected chi connectivity index (χ0v) is 59.1. The van der Waals surface area contributed by atoms with E-state index in [4.69, 9.17) is 25.7 Å². The van der Waals surface area contributed by atoms with Gasteiger partial charge in [0.15, 0.2) is 5.96 Å². The number of nitrogens with two attached hydrogens (primary N) is 2. The Labute approximate surface area is 598 Å². The van der Waals surface area contributed by atoms with E-state index >= 15 is 0 Å².